The van der Waals surface area contributed by atoms with Crippen molar-refractivity contribution in [3.8, 4) is 5.75 Å². The number of benzene rings is 1. The van der Waals surface area contributed by atoms with Crippen LogP contribution in [0.25, 0.3) is 0 Å². The van der Waals surface area contributed by atoms with E-state index < -0.39 is 11.8 Å². The molecule has 102 valence electrons. The molecule has 0 saturated heterocycles. The second-order valence-electron chi connectivity index (χ2n) is 4.09. The number of unbranched alkanes of at least 4 members (excludes halogenated alkanes) is 2. The lowest BCUT2D eigenvalue weighted by atomic mass is 10.1. The zero-order valence-electron chi connectivity index (χ0n) is 10.7. The molecule has 1 N–H and O–H groups in total. The SMILES string of the molecule is CCCCCC(=O)Oc1ccc(C(=O)C(=O)O)cc1. The molecule has 1 aromatic carbocycles. The Bertz CT molecular complexity index is 461. The molecule has 1 aromatic rings. The zero-order chi connectivity index (χ0) is 14.3. The lowest BCUT2D eigenvalue weighted by Gasteiger charge is -2.04. The van der Waals surface area contributed by atoms with Gasteiger partial charge in [-0.1, -0.05) is 19.8 Å². The predicted molar refractivity (Wildman–Crippen MR) is 68.2 cm³/mol. The maximum absolute atomic E-state index is 11.4. The summed E-state index contributed by atoms with van der Waals surface area (Å²) in [6, 6.07) is 5.47. The summed E-state index contributed by atoms with van der Waals surface area (Å²) >= 11 is 0. The van der Waals surface area contributed by atoms with E-state index in [9.17, 15) is 14.4 Å². The molecule has 0 heterocycles. The Hall–Kier alpha value is -2.17. The number of carbonyl (C=O) groups excluding carboxylic acids is 2. The molecule has 0 atom stereocenters. The molecule has 19 heavy (non-hydrogen) atoms. The number of hydrogen-bond donors (Lipinski definition) is 1. The van der Waals surface area contributed by atoms with Crippen LogP contribution in [0, 0.1) is 0 Å². The fourth-order valence-electron chi connectivity index (χ4n) is 1.50. The highest BCUT2D eigenvalue weighted by molar-refractivity contribution is 6.39. The number of esters is 1. The number of carboxylic acid groups (broad SMARTS) is 1. The molecule has 0 spiro atoms. The Labute approximate surface area is 111 Å². The van der Waals surface area contributed by atoms with Crippen molar-refractivity contribution in [1.82, 2.24) is 0 Å². The van der Waals surface area contributed by atoms with Gasteiger partial charge in [0.05, 0.1) is 0 Å². The van der Waals surface area contributed by atoms with Crippen LogP contribution in [0.1, 0.15) is 43.0 Å². The van der Waals surface area contributed by atoms with Gasteiger partial charge in [-0.15, -0.1) is 0 Å². The van der Waals surface area contributed by atoms with E-state index in [-0.39, 0.29) is 11.5 Å². The Kier molecular flexibility index (Phi) is 5.73. The summed E-state index contributed by atoms with van der Waals surface area (Å²) < 4.78 is 5.06. The summed E-state index contributed by atoms with van der Waals surface area (Å²) in [4.78, 5) is 33.1. The lowest BCUT2D eigenvalue weighted by Crippen LogP contribution is -2.12. The number of carboxylic acids is 1. The minimum absolute atomic E-state index is 0.0540. The van der Waals surface area contributed by atoms with Gasteiger partial charge in [-0.25, -0.2) is 4.79 Å². The van der Waals surface area contributed by atoms with Crippen molar-refractivity contribution in [3.05, 3.63) is 29.8 Å². The van der Waals surface area contributed by atoms with Gasteiger partial charge in [0.25, 0.3) is 5.78 Å². The van der Waals surface area contributed by atoms with E-state index in [4.69, 9.17) is 9.84 Å². The van der Waals surface area contributed by atoms with Crippen molar-refractivity contribution < 1.29 is 24.2 Å². The number of Topliss-reactive ketones (excluding diaryl/α,β-unsaturated/α-hetero) is 1. The van der Waals surface area contributed by atoms with Crippen LogP contribution in [0.5, 0.6) is 5.75 Å². The van der Waals surface area contributed by atoms with Crippen molar-refractivity contribution >= 4 is 17.7 Å². The first-order chi connectivity index (χ1) is 9.04. The lowest BCUT2D eigenvalue weighted by molar-refractivity contribution is -0.134. The van der Waals surface area contributed by atoms with Gasteiger partial charge in [0.1, 0.15) is 5.75 Å². The maximum atomic E-state index is 11.4. The number of rotatable bonds is 7. The van der Waals surface area contributed by atoms with E-state index in [1.165, 1.54) is 24.3 Å². The summed E-state index contributed by atoms with van der Waals surface area (Å²) in [7, 11) is 0. The fourth-order valence-corrected chi connectivity index (χ4v) is 1.50. The van der Waals surface area contributed by atoms with Crippen LogP contribution < -0.4 is 4.74 Å². The molecule has 5 nitrogen and oxygen atoms in total. The van der Waals surface area contributed by atoms with Crippen LogP contribution in [0.4, 0.5) is 0 Å². The van der Waals surface area contributed by atoms with E-state index in [0.29, 0.717) is 12.2 Å². The number of ketones is 1. The molecule has 0 aliphatic heterocycles. The number of ether oxygens (including phenoxy) is 1. The van der Waals surface area contributed by atoms with Gasteiger partial charge in [-0.2, -0.15) is 0 Å². The van der Waals surface area contributed by atoms with E-state index >= 15 is 0 Å². The Morgan fingerprint density at radius 3 is 2.26 bits per heavy atom. The largest absolute Gasteiger partial charge is 0.475 e. The van der Waals surface area contributed by atoms with Crippen molar-refractivity contribution in [2.24, 2.45) is 0 Å². The van der Waals surface area contributed by atoms with Gasteiger partial charge in [-0.05, 0) is 30.7 Å². The van der Waals surface area contributed by atoms with Gasteiger partial charge >= 0.3 is 11.9 Å². The normalized spacial score (nSPS) is 9.95. The van der Waals surface area contributed by atoms with Gasteiger partial charge in [-0.3, -0.25) is 9.59 Å². The summed E-state index contributed by atoms with van der Waals surface area (Å²) in [6.07, 6.45) is 3.13. The van der Waals surface area contributed by atoms with Crippen LogP contribution in [0.3, 0.4) is 0 Å². The minimum atomic E-state index is -1.51. The molecular weight excluding hydrogens is 248 g/mol. The molecule has 0 amide bonds. The number of carbonyl (C=O) groups is 3. The van der Waals surface area contributed by atoms with Crippen LogP contribution in [-0.4, -0.2) is 22.8 Å². The van der Waals surface area contributed by atoms with E-state index in [1.807, 2.05) is 6.92 Å². The first kappa shape index (κ1) is 14.9. The van der Waals surface area contributed by atoms with Crippen LogP contribution in [-0.2, 0) is 9.59 Å². The monoisotopic (exact) mass is 264 g/mol. The molecule has 0 radical (unpaired) electrons. The van der Waals surface area contributed by atoms with Crippen molar-refractivity contribution in [2.75, 3.05) is 0 Å². The van der Waals surface area contributed by atoms with E-state index in [0.717, 1.165) is 19.3 Å². The Morgan fingerprint density at radius 2 is 1.74 bits per heavy atom. The van der Waals surface area contributed by atoms with Gasteiger partial charge in [0.2, 0.25) is 0 Å². The first-order valence-electron chi connectivity index (χ1n) is 6.13. The molecule has 0 fully saturated rings. The minimum Gasteiger partial charge on any atom is -0.475 e. The fraction of sp³-hybridized carbons (Fsp3) is 0.357. The topological polar surface area (TPSA) is 80.7 Å². The molecule has 0 bridgehead atoms. The highest BCUT2D eigenvalue weighted by Gasteiger charge is 2.14. The second-order valence-corrected chi connectivity index (χ2v) is 4.09. The molecule has 0 aliphatic carbocycles. The van der Waals surface area contributed by atoms with Gasteiger partial charge in [0, 0.05) is 12.0 Å². The molecular formula is C14H16O5. The van der Waals surface area contributed by atoms with Crippen LogP contribution in [0.15, 0.2) is 24.3 Å². The predicted octanol–water partition coefficient (Wildman–Crippen LogP) is 2.44. The Balaban J connectivity index is 2.55. The van der Waals surface area contributed by atoms with Crippen molar-refractivity contribution in [1.29, 1.82) is 0 Å². The third-order valence-corrected chi connectivity index (χ3v) is 2.53. The smallest absolute Gasteiger partial charge is 0.377 e. The van der Waals surface area contributed by atoms with Gasteiger partial charge in [0.15, 0.2) is 0 Å². The van der Waals surface area contributed by atoms with Crippen molar-refractivity contribution in [3.63, 3.8) is 0 Å². The Morgan fingerprint density at radius 1 is 1.11 bits per heavy atom. The van der Waals surface area contributed by atoms with E-state index in [1.54, 1.807) is 0 Å². The summed E-state index contributed by atoms with van der Waals surface area (Å²) in [5, 5.41) is 8.54. The van der Waals surface area contributed by atoms with Crippen molar-refractivity contribution in [2.45, 2.75) is 32.6 Å². The van der Waals surface area contributed by atoms with E-state index in [2.05, 4.69) is 0 Å². The molecule has 0 aliphatic rings. The molecule has 0 unspecified atom stereocenters. The summed E-state index contributed by atoms with van der Waals surface area (Å²) in [5.41, 5.74) is 0.0540. The maximum Gasteiger partial charge on any atom is 0.377 e. The quantitative estimate of drug-likeness (QED) is 0.269. The van der Waals surface area contributed by atoms with Crippen LogP contribution >= 0.6 is 0 Å². The molecule has 5 heteroatoms. The highest BCUT2D eigenvalue weighted by atomic mass is 16.5. The molecule has 0 aromatic heterocycles. The average Bonchev–Trinajstić information content (AvgIpc) is 2.39. The molecule has 0 saturated carbocycles. The van der Waals surface area contributed by atoms with Gasteiger partial charge < -0.3 is 9.84 Å². The average molecular weight is 264 g/mol. The first-order valence-corrected chi connectivity index (χ1v) is 6.13. The third-order valence-electron chi connectivity index (χ3n) is 2.53. The number of aliphatic carboxylic acids is 1. The third kappa shape index (κ3) is 4.91. The second kappa shape index (κ2) is 7.31. The molecule has 1 rings (SSSR count). The van der Waals surface area contributed by atoms with Crippen LogP contribution in [0.2, 0.25) is 0 Å². The standard InChI is InChI=1S/C14H16O5/c1-2-3-4-5-12(15)19-11-8-6-10(7-9-11)13(16)14(17)18/h6-9H,2-5H2,1H3,(H,17,18). The highest BCUT2D eigenvalue weighted by Crippen LogP contribution is 2.14. The summed E-state index contributed by atoms with van der Waals surface area (Å²) in [5.74, 6) is -2.51. The zero-order valence-corrected chi connectivity index (χ0v) is 10.7. The number of hydrogen-bond acceptors (Lipinski definition) is 4. The summed E-state index contributed by atoms with van der Waals surface area (Å²) in [6.45, 7) is 2.05.